The quantitative estimate of drug-likeness (QED) is 0.472. The van der Waals surface area contributed by atoms with E-state index in [-0.39, 0.29) is 11.0 Å². The SMILES string of the molecule is C=C(/C=C(/C)C(C)(C)C)OC(C)(C)C. The van der Waals surface area contributed by atoms with Crippen molar-refractivity contribution in [3.05, 3.63) is 24.0 Å². The number of rotatable bonds is 2. The molecule has 0 aromatic carbocycles. The molecule has 0 aromatic rings. The van der Waals surface area contributed by atoms with Crippen molar-refractivity contribution in [2.45, 2.75) is 54.1 Å². The molecule has 0 fully saturated rings. The molecule has 0 bridgehead atoms. The van der Waals surface area contributed by atoms with Crippen LogP contribution in [0.25, 0.3) is 0 Å². The van der Waals surface area contributed by atoms with Crippen LogP contribution in [0.3, 0.4) is 0 Å². The summed E-state index contributed by atoms with van der Waals surface area (Å²) in [5.74, 6) is 0.741. The van der Waals surface area contributed by atoms with Gasteiger partial charge in [-0.15, -0.1) is 0 Å². The molecule has 0 amide bonds. The first-order valence-corrected chi connectivity index (χ1v) is 5.09. The summed E-state index contributed by atoms with van der Waals surface area (Å²) in [5, 5.41) is 0. The third-order valence-corrected chi connectivity index (χ3v) is 2.00. The minimum absolute atomic E-state index is 0.161. The van der Waals surface area contributed by atoms with Gasteiger partial charge in [0.1, 0.15) is 11.4 Å². The number of hydrogen-bond acceptors (Lipinski definition) is 1. The van der Waals surface area contributed by atoms with E-state index in [1.165, 1.54) is 5.57 Å². The third kappa shape index (κ3) is 5.85. The van der Waals surface area contributed by atoms with Crippen LogP contribution in [0, 0.1) is 5.41 Å². The Bertz CT molecular complexity index is 233. The lowest BCUT2D eigenvalue weighted by Crippen LogP contribution is -2.18. The molecule has 0 aliphatic carbocycles. The molecule has 0 unspecified atom stereocenters. The van der Waals surface area contributed by atoms with Gasteiger partial charge in [0.25, 0.3) is 0 Å². The molecule has 1 nitrogen and oxygen atoms in total. The van der Waals surface area contributed by atoms with Crippen molar-refractivity contribution in [3.8, 4) is 0 Å². The Morgan fingerprint density at radius 2 is 1.50 bits per heavy atom. The van der Waals surface area contributed by atoms with E-state index in [0.717, 1.165) is 5.76 Å². The number of allylic oxidation sites excluding steroid dienone is 2. The molecular formula is C13H24O. The summed E-state index contributed by atoms with van der Waals surface area (Å²) in [4.78, 5) is 0. The summed E-state index contributed by atoms with van der Waals surface area (Å²) in [6.45, 7) is 18.6. The van der Waals surface area contributed by atoms with Gasteiger partial charge in [-0.2, -0.15) is 0 Å². The Morgan fingerprint density at radius 1 is 1.07 bits per heavy atom. The zero-order valence-corrected chi connectivity index (χ0v) is 10.7. The maximum atomic E-state index is 5.63. The number of ether oxygens (including phenoxy) is 1. The highest BCUT2D eigenvalue weighted by atomic mass is 16.5. The molecule has 14 heavy (non-hydrogen) atoms. The highest BCUT2D eigenvalue weighted by molar-refractivity contribution is 5.19. The van der Waals surface area contributed by atoms with Crippen molar-refractivity contribution in [3.63, 3.8) is 0 Å². The van der Waals surface area contributed by atoms with Crippen LogP contribution < -0.4 is 0 Å². The van der Waals surface area contributed by atoms with E-state index in [0.29, 0.717) is 0 Å². The first kappa shape index (κ1) is 13.3. The summed E-state index contributed by atoms with van der Waals surface area (Å²) in [6, 6.07) is 0. The molecule has 0 N–H and O–H groups in total. The van der Waals surface area contributed by atoms with Gasteiger partial charge in [0.15, 0.2) is 0 Å². The van der Waals surface area contributed by atoms with Gasteiger partial charge >= 0.3 is 0 Å². The van der Waals surface area contributed by atoms with Crippen LogP contribution in [0.5, 0.6) is 0 Å². The van der Waals surface area contributed by atoms with E-state index in [9.17, 15) is 0 Å². The Kier molecular flexibility index (Phi) is 3.99. The van der Waals surface area contributed by atoms with Crippen LogP contribution in [0.2, 0.25) is 0 Å². The predicted octanol–water partition coefficient (Wildman–Crippen LogP) is 4.31. The second kappa shape index (κ2) is 4.20. The first-order valence-electron chi connectivity index (χ1n) is 5.09. The van der Waals surface area contributed by atoms with Gasteiger partial charge < -0.3 is 4.74 Å². The van der Waals surface area contributed by atoms with Crippen LogP contribution >= 0.6 is 0 Å². The zero-order valence-electron chi connectivity index (χ0n) is 10.7. The molecule has 0 rings (SSSR count). The highest BCUT2D eigenvalue weighted by Crippen LogP contribution is 2.26. The normalized spacial score (nSPS) is 14.1. The Labute approximate surface area is 88.9 Å². The lowest BCUT2D eigenvalue weighted by molar-refractivity contribution is 0.0605. The molecule has 1 heteroatoms. The van der Waals surface area contributed by atoms with Gasteiger partial charge in [-0.05, 0) is 39.2 Å². The van der Waals surface area contributed by atoms with Crippen molar-refractivity contribution >= 4 is 0 Å². The molecule has 0 aromatic heterocycles. The average molecular weight is 196 g/mol. The summed E-state index contributed by atoms with van der Waals surface area (Å²) in [7, 11) is 0. The average Bonchev–Trinajstić information content (AvgIpc) is 1.79. The molecular weight excluding hydrogens is 172 g/mol. The summed E-state index contributed by atoms with van der Waals surface area (Å²) in [6.07, 6.45) is 2.02. The van der Waals surface area contributed by atoms with E-state index >= 15 is 0 Å². The monoisotopic (exact) mass is 196 g/mol. The predicted molar refractivity (Wildman–Crippen MR) is 63.2 cm³/mol. The molecule has 0 saturated carbocycles. The smallest absolute Gasteiger partial charge is 0.112 e. The van der Waals surface area contributed by atoms with E-state index in [1.807, 2.05) is 26.8 Å². The largest absolute Gasteiger partial charge is 0.489 e. The van der Waals surface area contributed by atoms with E-state index in [4.69, 9.17) is 4.74 Å². The third-order valence-electron chi connectivity index (χ3n) is 2.00. The van der Waals surface area contributed by atoms with Gasteiger partial charge in [-0.25, -0.2) is 0 Å². The first-order chi connectivity index (χ1) is 6.02. The minimum Gasteiger partial charge on any atom is -0.489 e. The molecule has 0 heterocycles. The standard InChI is InChI=1S/C13H24O/c1-10(12(3,4)5)9-11(2)14-13(6,7)8/h9H,2H2,1,3-8H3/b10-9-. The molecule has 0 aliphatic rings. The highest BCUT2D eigenvalue weighted by Gasteiger charge is 2.15. The topological polar surface area (TPSA) is 9.23 Å². The van der Waals surface area contributed by atoms with Gasteiger partial charge in [-0.3, -0.25) is 0 Å². The maximum absolute atomic E-state index is 5.63. The van der Waals surface area contributed by atoms with Gasteiger partial charge in [-0.1, -0.05) is 32.9 Å². The lowest BCUT2D eigenvalue weighted by atomic mass is 9.87. The molecule has 0 radical (unpaired) electrons. The summed E-state index contributed by atoms with van der Waals surface area (Å²) >= 11 is 0. The zero-order chi connectivity index (χ0) is 11.6. The van der Waals surface area contributed by atoms with Gasteiger partial charge in [0.2, 0.25) is 0 Å². The fourth-order valence-corrected chi connectivity index (χ4v) is 0.881. The molecule has 0 aliphatic heterocycles. The van der Waals surface area contributed by atoms with Crippen molar-refractivity contribution in [2.24, 2.45) is 5.41 Å². The van der Waals surface area contributed by atoms with Crippen LogP contribution in [-0.4, -0.2) is 5.60 Å². The summed E-state index contributed by atoms with van der Waals surface area (Å²) in [5.41, 5.74) is 1.31. The van der Waals surface area contributed by atoms with E-state index in [1.54, 1.807) is 0 Å². The van der Waals surface area contributed by atoms with Crippen molar-refractivity contribution in [1.82, 2.24) is 0 Å². The maximum Gasteiger partial charge on any atom is 0.112 e. The number of hydrogen-bond donors (Lipinski definition) is 0. The Morgan fingerprint density at radius 3 is 1.79 bits per heavy atom. The lowest BCUT2D eigenvalue weighted by Gasteiger charge is -2.24. The van der Waals surface area contributed by atoms with Gasteiger partial charge in [0.05, 0.1) is 0 Å². The molecule has 0 atom stereocenters. The van der Waals surface area contributed by atoms with Crippen molar-refractivity contribution in [2.75, 3.05) is 0 Å². The van der Waals surface area contributed by atoms with E-state index in [2.05, 4.69) is 34.3 Å². The van der Waals surface area contributed by atoms with E-state index < -0.39 is 0 Å². The molecule has 0 saturated heterocycles. The molecule has 82 valence electrons. The van der Waals surface area contributed by atoms with Crippen LogP contribution in [0.1, 0.15) is 48.5 Å². The fraction of sp³-hybridized carbons (Fsp3) is 0.692. The second-order valence-electron chi connectivity index (χ2n) is 5.76. The second-order valence-corrected chi connectivity index (χ2v) is 5.76. The Balaban J connectivity index is 4.46. The minimum atomic E-state index is -0.161. The van der Waals surface area contributed by atoms with Crippen LogP contribution in [-0.2, 0) is 4.74 Å². The van der Waals surface area contributed by atoms with Gasteiger partial charge in [0, 0.05) is 0 Å². The Hall–Kier alpha value is -0.720. The van der Waals surface area contributed by atoms with Crippen LogP contribution in [0.4, 0.5) is 0 Å². The molecule has 0 spiro atoms. The fourth-order valence-electron chi connectivity index (χ4n) is 0.881. The van der Waals surface area contributed by atoms with Crippen molar-refractivity contribution in [1.29, 1.82) is 0 Å². The summed E-state index contributed by atoms with van der Waals surface area (Å²) < 4.78 is 5.63. The van der Waals surface area contributed by atoms with Crippen LogP contribution in [0.15, 0.2) is 24.0 Å². The van der Waals surface area contributed by atoms with Crippen molar-refractivity contribution < 1.29 is 4.74 Å².